The van der Waals surface area contributed by atoms with Crippen molar-refractivity contribution in [2.24, 2.45) is 0 Å². The molecule has 0 saturated heterocycles. The number of carbonyl (C=O) groups is 1. The Bertz CT molecular complexity index is 357. The molecule has 154 valence electrons. The van der Waals surface area contributed by atoms with Crippen molar-refractivity contribution in [1.29, 1.82) is 0 Å². The molecule has 0 aliphatic heterocycles. The quantitative estimate of drug-likeness (QED) is 0.184. The van der Waals surface area contributed by atoms with E-state index in [4.69, 9.17) is 5.11 Å². The van der Waals surface area contributed by atoms with E-state index < -0.39 is 5.97 Å². The van der Waals surface area contributed by atoms with Crippen molar-refractivity contribution in [3.8, 4) is 0 Å². The number of carboxylic acid groups (broad SMARTS) is 1. The Balaban J connectivity index is 3.32. The molecule has 2 heteroatoms. The number of hydrogen-bond acceptors (Lipinski definition) is 1. The van der Waals surface area contributed by atoms with Gasteiger partial charge in [-0.15, -0.1) is 0 Å². The zero-order valence-corrected chi connectivity index (χ0v) is 18.1. The van der Waals surface area contributed by atoms with Crippen molar-refractivity contribution in [3.63, 3.8) is 0 Å². The monoisotopic (exact) mass is 366 g/mol. The Morgan fingerprint density at radius 1 is 0.615 bits per heavy atom. The maximum Gasteiger partial charge on any atom is 0.331 e. The molecule has 0 bridgehead atoms. The van der Waals surface area contributed by atoms with Gasteiger partial charge in [-0.3, -0.25) is 0 Å². The first-order chi connectivity index (χ1) is 12.6. The number of allylic oxidation sites excluding steroid dienone is 1. The zero-order chi connectivity index (χ0) is 19.5. The molecule has 0 radical (unpaired) electrons. The minimum atomic E-state index is -0.752. The smallest absolute Gasteiger partial charge is 0.331 e. The van der Waals surface area contributed by atoms with Gasteiger partial charge >= 0.3 is 5.97 Å². The highest BCUT2D eigenvalue weighted by Crippen LogP contribution is 2.18. The van der Waals surface area contributed by atoms with Crippen LogP contribution in [0.15, 0.2) is 11.1 Å². The molecule has 26 heavy (non-hydrogen) atoms. The minimum absolute atomic E-state index is 0.563. The maximum absolute atomic E-state index is 11.0. The van der Waals surface area contributed by atoms with Crippen LogP contribution in [0.5, 0.6) is 0 Å². The fourth-order valence-corrected chi connectivity index (χ4v) is 3.67. The summed E-state index contributed by atoms with van der Waals surface area (Å²) in [6, 6.07) is 0. The van der Waals surface area contributed by atoms with Crippen LogP contribution in [0.25, 0.3) is 0 Å². The molecule has 0 unspecified atom stereocenters. The van der Waals surface area contributed by atoms with Crippen molar-refractivity contribution in [2.75, 3.05) is 0 Å². The largest absolute Gasteiger partial charge is 0.478 e. The molecule has 2 nitrogen and oxygen atoms in total. The Labute approximate surface area is 163 Å². The average Bonchev–Trinajstić information content (AvgIpc) is 2.64. The summed E-state index contributed by atoms with van der Waals surface area (Å²) in [5, 5.41) is 9.06. The molecule has 1 N–H and O–H groups in total. The first kappa shape index (κ1) is 25.2. The summed E-state index contributed by atoms with van der Waals surface area (Å²) in [5.74, 6) is -0.752. The van der Waals surface area contributed by atoms with Crippen LogP contribution in [0.1, 0.15) is 136 Å². The summed E-state index contributed by atoms with van der Waals surface area (Å²) in [5.41, 5.74) is 1.69. The summed E-state index contributed by atoms with van der Waals surface area (Å²) in [6.45, 7) is 6.09. The maximum atomic E-state index is 11.0. The first-order valence-corrected chi connectivity index (χ1v) is 11.5. The van der Waals surface area contributed by atoms with Gasteiger partial charge in [0.2, 0.25) is 0 Å². The Morgan fingerprint density at radius 3 is 1.27 bits per heavy atom. The van der Waals surface area contributed by atoms with Crippen molar-refractivity contribution in [2.45, 2.75) is 136 Å². The predicted molar refractivity (Wildman–Crippen MR) is 115 cm³/mol. The number of unbranched alkanes of at least 4 members (excludes halogenated alkanes) is 15. The highest BCUT2D eigenvalue weighted by Gasteiger charge is 2.07. The molecule has 0 fully saturated rings. The lowest BCUT2D eigenvalue weighted by Gasteiger charge is -2.07. The fraction of sp³-hybridized carbons (Fsp3) is 0.875. The van der Waals surface area contributed by atoms with Gasteiger partial charge < -0.3 is 5.11 Å². The molecule has 0 aliphatic rings. The lowest BCUT2D eigenvalue weighted by atomic mass is 9.99. The van der Waals surface area contributed by atoms with E-state index in [1.165, 1.54) is 96.3 Å². The molecular weight excluding hydrogens is 320 g/mol. The van der Waals surface area contributed by atoms with Gasteiger partial charge in [0.1, 0.15) is 0 Å². The summed E-state index contributed by atoms with van der Waals surface area (Å²) in [7, 11) is 0. The average molecular weight is 367 g/mol. The zero-order valence-electron chi connectivity index (χ0n) is 18.1. The third-order valence-corrected chi connectivity index (χ3v) is 5.61. The standard InChI is InChI=1S/C24H46O2/c1-4-6-7-8-9-10-11-12-13-14-15-16-17-18-19-20-21-23(5-2)22(3)24(25)26/h4-21H2,1-3H3,(H,25,26). The third-order valence-electron chi connectivity index (χ3n) is 5.61. The van der Waals surface area contributed by atoms with E-state index in [1.807, 2.05) is 0 Å². The SMILES string of the molecule is CCCCCCCCCCCCCCCCCCC(CC)=C(C)C(=O)O. The van der Waals surface area contributed by atoms with Crippen LogP contribution < -0.4 is 0 Å². The predicted octanol–water partition coefficient (Wildman–Crippen LogP) is 8.45. The van der Waals surface area contributed by atoms with Crippen LogP contribution in [-0.4, -0.2) is 11.1 Å². The normalized spacial score (nSPS) is 12.3. The first-order valence-electron chi connectivity index (χ1n) is 11.5. The van der Waals surface area contributed by atoms with Crippen LogP contribution in [0, 0.1) is 0 Å². The van der Waals surface area contributed by atoms with Gasteiger partial charge in [-0.2, -0.15) is 0 Å². The van der Waals surface area contributed by atoms with E-state index in [1.54, 1.807) is 6.92 Å². The molecule has 0 spiro atoms. The number of hydrogen-bond donors (Lipinski definition) is 1. The number of aliphatic carboxylic acids is 1. The van der Waals surface area contributed by atoms with Gasteiger partial charge in [-0.05, 0) is 26.2 Å². The molecule has 0 aliphatic carbocycles. The van der Waals surface area contributed by atoms with Gasteiger partial charge in [-0.1, -0.05) is 116 Å². The lowest BCUT2D eigenvalue weighted by molar-refractivity contribution is -0.132. The van der Waals surface area contributed by atoms with E-state index in [0.29, 0.717) is 5.57 Å². The van der Waals surface area contributed by atoms with E-state index >= 15 is 0 Å². The summed E-state index contributed by atoms with van der Waals surface area (Å²) < 4.78 is 0. The van der Waals surface area contributed by atoms with Crippen LogP contribution in [-0.2, 0) is 4.79 Å². The highest BCUT2D eigenvalue weighted by molar-refractivity contribution is 5.86. The van der Waals surface area contributed by atoms with E-state index in [2.05, 4.69) is 13.8 Å². The van der Waals surface area contributed by atoms with Gasteiger partial charge in [0.25, 0.3) is 0 Å². The second-order valence-corrected chi connectivity index (χ2v) is 7.94. The van der Waals surface area contributed by atoms with Gasteiger partial charge in [0, 0.05) is 5.57 Å². The minimum Gasteiger partial charge on any atom is -0.478 e. The molecular formula is C24H46O2. The molecule has 0 heterocycles. The molecule has 0 saturated carbocycles. The Kier molecular flexibility index (Phi) is 18.4. The van der Waals surface area contributed by atoms with Crippen molar-refractivity contribution >= 4 is 5.97 Å². The van der Waals surface area contributed by atoms with E-state index in [0.717, 1.165) is 24.8 Å². The summed E-state index contributed by atoms with van der Waals surface area (Å²) in [4.78, 5) is 11.0. The highest BCUT2D eigenvalue weighted by atomic mass is 16.4. The molecule has 0 aromatic heterocycles. The van der Waals surface area contributed by atoms with Gasteiger partial charge in [-0.25, -0.2) is 4.79 Å². The second kappa shape index (κ2) is 19.0. The third kappa shape index (κ3) is 15.5. The lowest BCUT2D eigenvalue weighted by Crippen LogP contribution is -2.01. The number of carboxylic acids is 1. The molecule has 0 aromatic carbocycles. The Morgan fingerprint density at radius 2 is 0.962 bits per heavy atom. The summed E-state index contributed by atoms with van der Waals surface area (Å²) >= 11 is 0. The molecule has 0 atom stereocenters. The fourth-order valence-electron chi connectivity index (χ4n) is 3.67. The van der Waals surface area contributed by atoms with Crippen LogP contribution in [0.2, 0.25) is 0 Å². The van der Waals surface area contributed by atoms with Gasteiger partial charge in [0.05, 0.1) is 0 Å². The second-order valence-electron chi connectivity index (χ2n) is 7.94. The molecule has 0 rings (SSSR count). The van der Waals surface area contributed by atoms with Crippen molar-refractivity contribution in [3.05, 3.63) is 11.1 Å². The number of rotatable bonds is 19. The van der Waals surface area contributed by atoms with Crippen LogP contribution in [0.4, 0.5) is 0 Å². The Hall–Kier alpha value is -0.790. The molecule has 0 aromatic rings. The van der Waals surface area contributed by atoms with Gasteiger partial charge in [0.15, 0.2) is 0 Å². The summed E-state index contributed by atoms with van der Waals surface area (Å²) in [6.07, 6.45) is 23.9. The molecule has 0 amide bonds. The van der Waals surface area contributed by atoms with E-state index in [-0.39, 0.29) is 0 Å². The van der Waals surface area contributed by atoms with Crippen LogP contribution in [0.3, 0.4) is 0 Å². The van der Waals surface area contributed by atoms with Crippen molar-refractivity contribution in [1.82, 2.24) is 0 Å². The van der Waals surface area contributed by atoms with Crippen LogP contribution >= 0.6 is 0 Å². The topological polar surface area (TPSA) is 37.3 Å². The van der Waals surface area contributed by atoms with Crippen molar-refractivity contribution < 1.29 is 9.90 Å². The van der Waals surface area contributed by atoms with E-state index in [9.17, 15) is 4.79 Å².